The van der Waals surface area contributed by atoms with Crippen molar-refractivity contribution in [3.05, 3.63) is 48.5 Å². The lowest BCUT2D eigenvalue weighted by Crippen LogP contribution is -1.96. The van der Waals surface area contributed by atoms with Gasteiger partial charge >= 0.3 is 0 Å². The summed E-state index contributed by atoms with van der Waals surface area (Å²) in [7, 11) is -2.67. The van der Waals surface area contributed by atoms with Gasteiger partial charge in [-0.3, -0.25) is 4.55 Å². The third kappa shape index (κ3) is 3.62. The zero-order chi connectivity index (χ0) is 14.6. The van der Waals surface area contributed by atoms with Crippen molar-refractivity contribution >= 4 is 21.5 Å². The molecule has 0 heterocycles. The van der Waals surface area contributed by atoms with Gasteiger partial charge in [0.2, 0.25) is 0 Å². The van der Waals surface area contributed by atoms with E-state index in [1.54, 1.807) is 37.4 Å². The Hall–Kier alpha value is -2.25. The fourth-order valence-corrected chi connectivity index (χ4v) is 1.99. The molecule has 0 aliphatic carbocycles. The predicted octanol–water partition coefficient (Wildman–Crippen LogP) is 3.36. The van der Waals surface area contributed by atoms with Gasteiger partial charge in [0.1, 0.15) is 5.75 Å². The monoisotopic (exact) mass is 292 g/mol. The first kappa shape index (κ1) is 14.2. The van der Waals surface area contributed by atoms with E-state index in [1.165, 1.54) is 18.2 Å². The number of benzene rings is 2. The molecule has 20 heavy (non-hydrogen) atoms. The summed E-state index contributed by atoms with van der Waals surface area (Å²) in [6.07, 6.45) is 0. The highest BCUT2D eigenvalue weighted by atomic mass is 32.2. The molecule has 7 heteroatoms. The largest absolute Gasteiger partial charge is 0.497 e. The van der Waals surface area contributed by atoms with Gasteiger partial charge in [0, 0.05) is 0 Å². The third-order valence-electron chi connectivity index (χ3n) is 2.47. The van der Waals surface area contributed by atoms with E-state index >= 15 is 0 Å². The minimum atomic E-state index is -4.24. The summed E-state index contributed by atoms with van der Waals surface area (Å²) in [5, 5.41) is 7.88. The van der Waals surface area contributed by atoms with Crippen LogP contribution in [-0.4, -0.2) is 20.1 Å². The smallest absolute Gasteiger partial charge is 0.294 e. The van der Waals surface area contributed by atoms with E-state index in [4.69, 9.17) is 9.29 Å². The molecule has 1 N–H and O–H groups in total. The fraction of sp³-hybridized carbons (Fsp3) is 0.0769. The van der Waals surface area contributed by atoms with Gasteiger partial charge in [0.15, 0.2) is 0 Å². The minimum absolute atomic E-state index is 0.219. The Bertz CT molecular complexity index is 724. The first-order valence-electron chi connectivity index (χ1n) is 5.62. The van der Waals surface area contributed by atoms with Crippen LogP contribution in [0.4, 0.5) is 11.4 Å². The molecule has 0 aliphatic heterocycles. The topological polar surface area (TPSA) is 88.3 Å². The van der Waals surface area contributed by atoms with Crippen molar-refractivity contribution in [1.29, 1.82) is 0 Å². The van der Waals surface area contributed by atoms with Crippen molar-refractivity contribution in [2.75, 3.05) is 7.11 Å². The lowest BCUT2D eigenvalue weighted by molar-refractivity contribution is 0.415. The number of azo groups is 1. The van der Waals surface area contributed by atoms with Crippen molar-refractivity contribution in [3.63, 3.8) is 0 Å². The molecule has 0 aliphatic rings. The zero-order valence-electron chi connectivity index (χ0n) is 10.6. The van der Waals surface area contributed by atoms with Gasteiger partial charge in [-0.25, -0.2) is 0 Å². The highest BCUT2D eigenvalue weighted by molar-refractivity contribution is 7.85. The van der Waals surface area contributed by atoms with Gasteiger partial charge in [0.05, 0.1) is 23.4 Å². The molecule has 0 bridgehead atoms. The van der Waals surface area contributed by atoms with Crippen molar-refractivity contribution in [2.45, 2.75) is 4.90 Å². The number of methoxy groups -OCH3 is 1. The van der Waals surface area contributed by atoms with Gasteiger partial charge in [-0.1, -0.05) is 6.07 Å². The van der Waals surface area contributed by atoms with Crippen LogP contribution in [0.25, 0.3) is 0 Å². The standard InChI is InChI=1S/C13H12N2O4S/c1-19-12-7-5-10(6-8-12)14-15-11-3-2-4-13(9-11)20(16,17)18/h2-9H,1H3,(H,16,17,18). The summed E-state index contributed by atoms with van der Waals surface area (Å²) >= 11 is 0. The summed E-state index contributed by atoms with van der Waals surface area (Å²) in [4.78, 5) is -0.219. The van der Waals surface area contributed by atoms with Crippen molar-refractivity contribution in [1.82, 2.24) is 0 Å². The molecule has 0 aromatic heterocycles. The molecule has 0 fully saturated rings. The maximum Gasteiger partial charge on any atom is 0.294 e. The number of hydrogen-bond donors (Lipinski definition) is 1. The van der Waals surface area contributed by atoms with Gasteiger partial charge in [-0.05, 0) is 42.5 Å². The first-order valence-corrected chi connectivity index (χ1v) is 7.06. The molecular weight excluding hydrogens is 280 g/mol. The Morgan fingerprint density at radius 3 is 2.25 bits per heavy atom. The molecule has 0 amide bonds. The summed E-state index contributed by atoms with van der Waals surface area (Å²) in [6.45, 7) is 0. The highest BCUT2D eigenvalue weighted by Crippen LogP contribution is 2.22. The minimum Gasteiger partial charge on any atom is -0.497 e. The second-order valence-electron chi connectivity index (χ2n) is 3.87. The molecule has 6 nitrogen and oxygen atoms in total. The summed E-state index contributed by atoms with van der Waals surface area (Å²) < 4.78 is 36.0. The van der Waals surface area contributed by atoms with E-state index < -0.39 is 10.1 Å². The number of ether oxygens (including phenoxy) is 1. The Balaban J connectivity index is 2.22. The van der Waals surface area contributed by atoms with E-state index in [2.05, 4.69) is 10.2 Å². The normalized spacial score (nSPS) is 11.7. The summed E-state index contributed by atoms with van der Waals surface area (Å²) in [6, 6.07) is 12.5. The van der Waals surface area contributed by atoms with E-state index in [9.17, 15) is 8.42 Å². The second kappa shape index (κ2) is 5.81. The number of nitrogens with zero attached hydrogens (tertiary/aromatic N) is 2. The quantitative estimate of drug-likeness (QED) is 0.691. The Morgan fingerprint density at radius 1 is 1.00 bits per heavy atom. The van der Waals surface area contributed by atoms with Gasteiger partial charge in [-0.15, -0.1) is 0 Å². The molecule has 0 atom stereocenters. The number of hydrogen-bond acceptors (Lipinski definition) is 5. The lowest BCUT2D eigenvalue weighted by Gasteiger charge is -1.99. The van der Waals surface area contributed by atoms with Crippen LogP contribution in [0.1, 0.15) is 0 Å². The third-order valence-corrected chi connectivity index (χ3v) is 3.32. The molecule has 0 spiro atoms. The maximum absolute atomic E-state index is 11.0. The van der Waals surface area contributed by atoms with Crippen molar-refractivity contribution in [2.24, 2.45) is 10.2 Å². The predicted molar refractivity (Wildman–Crippen MR) is 73.4 cm³/mol. The molecule has 2 aromatic carbocycles. The van der Waals surface area contributed by atoms with Gasteiger partial charge < -0.3 is 4.74 Å². The Morgan fingerprint density at radius 2 is 1.65 bits per heavy atom. The lowest BCUT2D eigenvalue weighted by atomic mass is 10.3. The van der Waals surface area contributed by atoms with Gasteiger partial charge in [-0.2, -0.15) is 18.6 Å². The van der Waals surface area contributed by atoms with E-state index in [0.717, 1.165) is 0 Å². The van der Waals surface area contributed by atoms with Crippen LogP contribution in [0.2, 0.25) is 0 Å². The van der Waals surface area contributed by atoms with E-state index in [-0.39, 0.29) is 4.90 Å². The van der Waals surface area contributed by atoms with E-state index in [0.29, 0.717) is 17.1 Å². The zero-order valence-corrected chi connectivity index (χ0v) is 11.4. The molecule has 0 saturated heterocycles. The van der Waals surface area contributed by atoms with Crippen LogP contribution >= 0.6 is 0 Å². The van der Waals surface area contributed by atoms with Crippen LogP contribution in [-0.2, 0) is 10.1 Å². The van der Waals surface area contributed by atoms with E-state index in [1.807, 2.05) is 0 Å². The van der Waals surface area contributed by atoms with Crippen LogP contribution in [0.5, 0.6) is 5.75 Å². The Kier molecular flexibility index (Phi) is 4.11. The molecule has 104 valence electrons. The highest BCUT2D eigenvalue weighted by Gasteiger charge is 2.09. The summed E-state index contributed by atoms with van der Waals surface area (Å²) in [5.74, 6) is 0.706. The fourth-order valence-electron chi connectivity index (χ4n) is 1.47. The van der Waals surface area contributed by atoms with Crippen LogP contribution in [0.15, 0.2) is 63.7 Å². The first-order chi connectivity index (χ1) is 9.49. The summed E-state index contributed by atoms with van der Waals surface area (Å²) in [5.41, 5.74) is 0.930. The van der Waals surface area contributed by atoms with Crippen LogP contribution in [0, 0.1) is 0 Å². The van der Waals surface area contributed by atoms with Gasteiger partial charge in [0.25, 0.3) is 10.1 Å². The molecular formula is C13H12N2O4S. The SMILES string of the molecule is COc1ccc(N=Nc2cccc(S(=O)(=O)O)c2)cc1. The Labute approximate surface area is 116 Å². The molecule has 0 radical (unpaired) electrons. The molecule has 2 rings (SSSR count). The number of rotatable bonds is 4. The van der Waals surface area contributed by atoms with Crippen LogP contribution < -0.4 is 4.74 Å². The van der Waals surface area contributed by atoms with Crippen molar-refractivity contribution in [3.8, 4) is 5.75 Å². The van der Waals surface area contributed by atoms with Crippen LogP contribution in [0.3, 0.4) is 0 Å². The molecule has 0 unspecified atom stereocenters. The average molecular weight is 292 g/mol. The molecule has 2 aromatic rings. The maximum atomic E-state index is 11.0. The van der Waals surface area contributed by atoms with Crippen molar-refractivity contribution < 1.29 is 17.7 Å². The second-order valence-corrected chi connectivity index (χ2v) is 5.29. The average Bonchev–Trinajstić information content (AvgIpc) is 2.45. The molecule has 0 saturated carbocycles.